The largest absolute Gasteiger partial charge is 0.421 e. The fourth-order valence-corrected chi connectivity index (χ4v) is 1.57. The number of benzene rings is 1. The lowest BCUT2D eigenvalue weighted by Gasteiger charge is -2.08. The molecule has 0 spiro atoms. The molecule has 0 radical (unpaired) electrons. The molecule has 2 rings (SSSR count). The Hall–Kier alpha value is -2.10. The Labute approximate surface area is 99.2 Å². The molecule has 0 amide bonds. The summed E-state index contributed by atoms with van der Waals surface area (Å²) in [6.45, 7) is 5.51. The predicted octanol–water partition coefficient (Wildman–Crippen LogP) is 2.82. The molecule has 4 nitrogen and oxygen atoms in total. The van der Waals surface area contributed by atoms with Crippen LogP contribution in [-0.2, 0) is 0 Å². The van der Waals surface area contributed by atoms with Gasteiger partial charge in [0, 0.05) is 6.07 Å². The number of para-hydroxylation sites is 1. The lowest BCUT2D eigenvalue weighted by molar-refractivity contribution is 0.0721. The van der Waals surface area contributed by atoms with Gasteiger partial charge in [-0.2, -0.15) is 0 Å². The first kappa shape index (κ1) is 11.4. The first-order valence-electron chi connectivity index (χ1n) is 5.29. The van der Waals surface area contributed by atoms with Gasteiger partial charge < -0.3 is 9.26 Å². The van der Waals surface area contributed by atoms with Crippen molar-refractivity contribution >= 4 is 5.97 Å². The van der Waals surface area contributed by atoms with Crippen molar-refractivity contribution in [1.82, 2.24) is 5.16 Å². The van der Waals surface area contributed by atoms with Crippen LogP contribution in [0.15, 0.2) is 28.8 Å². The van der Waals surface area contributed by atoms with Crippen molar-refractivity contribution in [3.05, 3.63) is 46.8 Å². The molecule has 2 aromatic rings. The Morgan fingerprint density at radius 1 is 1.24 bits per heavy atom. The number of carbonyl (C=O) groups excluding carboxylic acids is 1. The second kappa shape index (κ2) is 4.41. The molecular weight excluding hydrogens is 218 g/mol. The molecule has 0 saturated carbocycles. The number of aromatic nitrogens is 1. The van der Waals surface area contributed by atoms with Gasteiger partial charge in [0.25, 0.3) is 0 Å². The number of esters is 1. The molecule has 0 bridgehead atoms. The summed E-state index contributed by atoms with van der Waals surface area (Å²) < 4.78 is 10.1. The fraction of sp³-hybridized carbons (Fsp3) is 0.231. The first-order chi connectivity index (χ1) is 8.08. The van der Waals surface area contributed by atoms with Crippen molar-refractivity contribution in [2.45, 2.75) is 20.8 Å². The van der Waals surface area contributed by atoms with Crippen LogP contribution in [0.3, 0.4) is 0 Å². The second-order valence-corrected chi connectivity index (χ2v) is 3.93. The monoisotopic (exact) mass is 231 g/mol. The molecule has 0 aliphatic rings. The maximum atomic E-state index is 11.8. The van der Waals surface area contributed by atoms with E-state index >= 15 is 0 Å². The number of aryl methyl sites for hydroxylation is 3. The number of hydrogen-bond donors (Lipinski definition) is 0. The van der Waals surface area contributed by atoms with E-state index in [2.05, 4.69) is 5.16 Å². The van der Waals surface area contributed by atoms with Crippen LogP contribution in [0.1, 0.15) is 27.4 Å². The van der Waals surface area contributed by atoms with Gasteiger partial charge in [0.2, 0.25) is 0 Å². The Bertz CT molecular complexity index is 537. The molecule has 0 fully saturated rings. The Morgan fingerprint density at radius 3 is 2.41 bits per heavy atom. The lowest BCUT2D eigenvalue weighted by atomic mass is 10.1. The highest BCUT2D eigenvalue weighted by molar-refractivity contribution is 5.89. The molecule has 4 heteroatoms. The van der Waals surface area contributed by atoms with Crippen molar-refractivity contribution in [2.75, 3.05) is 0 Å². The predicted molar refractivity (Wildman–Crippen MR) is 62.1 cm³/mol. The first-order valence-corrected chi connectivity index (χ1v) is 5.29. The van der Waals surface area contributed by atoms with Crippen molar-refractivity contribution in [3.63, 3.8) is 0 Å². The van der Waals surface area contributed by atoms with Crippen molar-refractivity contribution in [3.8, 4) is 5.75 Å². The normalized spacial score (nSPS) is 10.3. The van der Waals surface area contributed by atoms with Gasteiger partial charge in [-0.1, -0.05) is 23.4 Å². The summed E-state index contributed by atoms with van der Waals surface area (Å²) in [6, 6.07) is 7.26. The van der Waals surface area contributed by atoms with E-state index in [1.54, 1.807) is 13.0 Å². The van der Waals surface area contributed by atoms with E-state index in [4.69, 9.17) is 9.26 Å². The Balaban J connectivity index is 2.24. The number of hydrogen-bond acceptors (Lipinski definition) is 4. The van der Waals surface area contributed by atoms with Crippen LogP contribution in [0.25, 0.3) is 0 Å². The standard InChI is InChI=1S/C13H13NO3/c1-8-5-4-6-9(2)12(8)16-13(15)11-7-10(3)17-14-11/h4-7H,1-3H3. The Kier molecular flexibility index (Phi) is 2.95. The molecule has 0 saturated heterocycles. The van der Waals surface area contributed by atoms with E-state index in [9.17, 15) is 4.79 Å². The molecule has 1 aromatic carbocycles. The van der Waals surface area contributed by atoms with Crippen LogP contribution in [0.2, 0.25) is 0 Å². The van der Waals surface area contributed by atoms with E-state index in [1.807, 2.05) is 32.0 Å². The summed E-state index contributed by atoms with van der Waals surface area (Å²) in [6.07, 6.45) is 0. The van der Waals surface area contributed by atoms with Gasteiger partial charge in [-0.05, 0) is 31.9 Å². The summed E-state index contributed by atoms with van der Waals surface area (Å²) in [5, 5.41) is 3.62. The van der Waals surface area contributed by atoms with Crippen molar-refractivity contribution in [2.24, 2.45) is 0 Å². The van der Waals surface area contributed by atoms with E-state index in [0.29, 0.717) is 11.5 Å². The molecule has 0 aliphatic carbocycles. The molecule has 0 aliphatic heterocycles. The third kappa shape index (κ3) is 2.36. The number of nitrogens with zero attached hydrogens (tertiary/aromatic N) is 1. The smallest absolute Gasteiger partial charge is 0.365 e. The molecule has 17 heavy (non-hydrogen) atoms. The van der Waals surface area contributed by atoms with E-state index < -0.39 is 5.97 Å². The van der Waals surface area contributed by atoms with Crippen molar-refractivity contribution < 1.29 is 14.1 Å². The molecule has 1 aromatic heterocycles. The maximum Gasteiger partial charge on any atom is 0.365 e. The van der Waals surface area contributed by atoms with Gasteiger partial charge in [-0.15, -0.1) is 0 Å². The zero-order chi connectivity index (χ0) is 12.4. The highest BCUT2D eigenvalue weighted by atomic mass is 16.5. The quantitative estimate of drug-likeness (QED) is 0.589. The van der Waals surface area contributed by atoms with Crippen LogP contribution in [0.5, 0.6) is 5.75 Å². The maximum absolute atomic E-state index is 11.8. The lowest BCUT2D eigenvalue weighted by Crippen LogP contribution is -2.10. The average Bonchev–Trinajstić information content (AvgIpc) is 2.70. The minimum Gasteiger partial charge on any atom is -0.421 e. The van der Waals surface area contributed by atoms with E-state index in [1.165, 1.54) is 0 Å². The van der Waals surface area contributed by atoms with Crippen LogP contribution >= 0.6 is 0 Å². The van der Waals surface area contributed by atoms with Gasteiger partial charge in [0.1, 0.15) is 11.5 Å². The number of carbonyl (C=O) groups is 1. The van der Waals surface area contributed by atoms with Crippen LogP contribution in [-0.4, -0.2) is 11.1 Å². The number of ether oxygens (including phenoxy) is 1. The third-order valence-electron chi connectivity index (χ3n) is 2.44. The van der Waals surface area contributed by atoms with Crippen molar-refractivity contribution in [1.29, 1.82) is 0 Å². The minimum absolute atomic E-state index is 0.185. The van der Waals surface area contributed by atoms with E-state index in [-0.39, 0.29) is 5.69 Å². The Morgan fingerprint density at radius 2 is 1.88 bits per heavy atom. The molecular formula is C13H13NO3. The number of rotatable bonds is 2. The third-order valence-corrected chi connectivity index (χ3v) is 2.44. The summed E-state index contributed by atoms with van der Waals surface area (Å²) in [4.78, 5) is 11.8. The molecule has 0 N–H and O–H groups in total. The SMILES string of the molecule is Cc1cc(C(=O)Oc2c(C)cccc2C)no1. The van der Waals surface area contributed by atoms with Crippen LogP contribution in [0.4, 0.5) is 0 Å². The van der Waals surface area contributed by atoms with Crippen LogP contribution in [0, 0.1) is 20.8 Å². The zero-order valence-corrected chi connectivity index (χ0v) is 9.98. The molecule has 1 heterocycles. The molecule has 0 unspecified atom stereocenters. The van der Waals surface area contributed by atoms with Gasteiger partial charge in [-0.3, -0.25) is 0 Å². The molecule has 0 atom stereocenters. The van der Waals surface area contributed by atoms with Gasteiger partial charge in [-0.25, -0.2) is 4.79 Å². The fourth-order valence-electron chi connectivity index (χ4n) is 1.57. The summed E-state index contributed by atoms with van der Waals surface area (Å²) in [5.74, 6) is 0.663. The summed E-state index contributed by atoms with van der Waals surface area (Å²) in [5.41, 5.74) is 2.02. The molecule has 88 valence electrons. The summed E-state index contributed by atoms with van der Waals surface area (Å²) in [7, 11) is 0. The zero-order valence-electron chi connectivity index (χ0n) is 9.98. The topological polar surface area (TPSA) is 52.3 Å². The highest BCUT2D eigenvalue weighted by Gasteiger charge is 2.15. The van der Waals surface area contributed by atoms with E-state index in [0.717, 1.165) is 11.1 Å². The summed E-state index contributed by atoms with van der Waals surface area (Å²) >= 11 is 0. The van der Waals surface area contributed by atoms with Gasteiger partial charge >= 0.3 is 5.97 Å². The van der Waals surface area contributed by atoms with Gasteiger partial charge in [0.05, 0.1) is 0 Å². The highest BCUT2D eigenvalue weighted by Crippen LogP contribution is 2.23. The van der Waals surface area contributed by atoms with Crippen LogP contribution < -0.4 is 4.74 Å². The minimum atomic E-state index is -0.501. The second-order valence-electron chi connectivity index (χ2n) is 3.93. The van der Waals surface area contributed by atoms with Gasteiger partial charge in [0.15, 0.2) is 5.69 Å². The average molecular weight is 231 g/mol.